The lowest BCUT2D eigenvalue weighted by Gasteiger charge is -2.16. The molecule has 98 valence electrons. The fourth-order valence-electron chi connectivity index (χ4n) is 1.92. The van der Waals surface area contributed by atoms with Gasteiger partial charge >= 0.3 is 0 Å². The monoisotopic (exact) mass is 248 g/mol. The summed E-state index contributed by atoms with van der Waals surface area (Å²) in [4.78, 5) is 0. The average Bonchev–Trinajstić information content (AvgIpc) is 2.39. The van der Waals surface area contributed by atoms with Gasteiger partial charge in [0.25, 0.3) is 0 Å². The molecule has 1 unspecified atom stereocenters. The summed E-state index contributed by atoms with van der Waals surface area (Å²) in [7, 11) is 0. The van der Waals surface area contributed by atoms with E-state index in [4.69, 9.17) is 5.26 Å². The highest BCUT2D eigenvalue weighted by Gasteiger charge is 2.07. The van der Waals surface area contributed by atoms with Crippen LogP contribution in [0.3, 0.4) is 0 Å². The van der Waals surface area contributed by atoms with Crippen molar-refractivity contribution in [3.8, 4) is 6.07 Å². The second-order valence-corrected chi connectivity index (χ2v) is 4.60. The van der Waals surface area contributed by atoms with Crippen LogP contribution in [-0.4, -0.2) is 6.54 Å². The number of halogens is 1. The largest absolute Gasteiger partial charge is 0.385 e. The maximum Gasteiger partial charge on any atom is 0.143 e. The summed E-state index contributed by atoms with van der Waals surface area (Å²) < 4.78 is 13.4. The number of nitrogens with one attached hydrogen (secondary N) is 1. The zero-order valence-corrected chi connectivity index (χ0v) is 11.2. The van der Waals surface area contributed by atoms with E-state index in [-0.39, 0.29) is 5.56 Å². The Kier molecular flexibility index (Phi) is 6.21. The van der Waals surface area contributed by atoms with Crippen molar-refractivity contribution < 1.29 is 4.39 Å². The minimum atomic E-state index is -0.455. The second-order valence-electron chi connectivity index (χ2n) is 4.60. The lowest BCUT2D eigenvalue weighted by molar-refractivity contribution is 0.472. The molecule has 0 aliphatic carbocycles. The Labute approximate surface area is 109 Å². The summed E-state index contributed by atoms with van der Waals surface area (Å²) in [6.07, 6.45) is 4.79. The van der Waals surface area contributed by atoms with Crippen LogP contribution in [0.5, 0.6) is 0 Å². The first-order chi connectivity index (χ1) is 8.71. The third-order valence-electron chi connectivity index (χ3n) is 3.23. The molecule has 0 saturated carbocycles. The van der Waals surface area contributed by atoms with Crippen LogP contribution in [-0.2, 0) is 0 Å². The smallest absolute Gasteiger partial charge is 0.143 e. The molecule has 1 rings (SSSR count). The topological polar surface area (TPSA) is 35.8 Å². The first kappa shape index (κ1) is 14.5. The van der Waals surface area contributed by atoms with Crippen LogP contribution in [0.4, 0.5) is 10.1 Å². The maximum absolute atomic E-state index is 13.4. The van der Waals surface area contributed by atoms with Gasteiger partial charge in [0.2, 0.25) is 0 Å². The Morgan fingerprint density at radius 3 is 2.72 bits per heavy atom. The van der Waals surface area contributed by atoms with Gasteiger partial charge in [-0.1, -0.05) is 33.1 Å². The number of unbranched alkanes of at least 4 members (excludes halogenated alkanes) is 1. The molecule has 1 aromatic rings. The van der Waals surface area contributed by atoms with Gasteiger partial charge in [-0.15, -0.1) is 0 Å². The first-order valence-corrected chi connectivity index (χ1v) is 6.64. The van der Waals surface area contributed by atoms with Crippen LogP contribution in [0.25, 0.3) is 0 Å². The predicted molar refractivity (Wildman–Crippen MR) is 72.9 cm³/mol. The van der Waals surface area contributed by atoms with Crippen LogP contribution in [0.1, 0.15) is 45.1 Å². The Bertz CT molecular complexity index is 409. The summed E-state index contributed by atoms with van der Waals surface area (Å²) in [6.45, 7) is 5.24. The maximum atomic E-state index is 13.4. The molecule has 0 amide bonds. The Morgan fingerprint density at radius 1 is 1.39 bits per heavy atom. The molecule has 2 nitrogen and oxygen atoms in total. The molecule has 0 aliphatic heterocycles. The fourth-order valence-corrected chi connectivity index (χ4v) is 1.92. The van der Waals surface area contributed by atoms with Crippen molar-refractivity contribution in [1.82, 2.24) is 0 Å². The molecule has 0 spiro atoms. The average molecular weight is 248 g/mol. The number of benzene rings is 1. The molecule has 3 heteroatoms. The molecule has 1 atom stereocenters. The zero-order chi connectivity index (χ0) is 13.4. The van der Waals surface area contributed by atoms with Gasteiger partial charge < -0.3 is 5.32 Å². The number of hydrogen-bond donors (Lipinski definition) is 1. The van der Waals surface area contributed by atoms with Crippen molar-refractivity contribution in [1.29, 1.82) is 5.26 Å². The highest BCUT2D eigenvalue weighted by atomic mass is 19.1. The molecule has 0 heterocycles. The molecule has 1 aromatic carbocycles. The minimum Gasteiger partial charge on any atom is -0.385 e. The fraction of sp³-hybridized carbons (Fsp3) is 0.533. The van der Waals surface area contributed by atoms with E-state index >= 15 is 0 Å². The van der Waals surface area contributed by atoms with E-state index in [2.05, 4.69) is 19.2 Å². The van der Waals surface area contributed by atoms with Crippen LogP contribution in [0.15, 0.2) is 18.2 Å². The van der Waals surface area contributed by atoms with Crippen molar-refractivity contribution in [3.05, 3.63) is 29.6 Å². The van der Waals surface area contributed by atoms with Crippen molar-refractivity contribution in [2.45, 2.75) is 39.5 Å². The van der Waals surface area contributed by atoms with Gasteiger partial charge in [0, 0.05) is 12.2 Å². The quantitative estimate of drug-likeness (QED) is 0.779. The highest BCUT2D eigenvalue weighted by molar-refractivity contribution is 5.48. The summed E-state index contributed by atoms with van der Waals surface area (Å²) in [5.41, 5.74) is 0.847. The third kappa shape index (κ3) is 4.37. The summed E-state index contributed by atoms with van der Waals surface area (Å²) in [6, 6.07) is 6.49. The molecule has 0 fully saturated rings. The first-order valence-electron chi connectivity index (χ1n) is 6.64. The van der Waals surface area contributed by atoms with E-state index < -0.39 is 5.82 Å². The van der Waals surface area contributed by atoms with Crippen molar-refractivity contribution in [3.63, 3.8) is 0 Å². The molecule has 1 N–H and O–H groups in total. The van der Waals surface area contributed by atoms with Crippen molar-refractivity contribution in [2.24, 2.45) is 5.92 Å². The minimum absolute atomic E-state index is 0.0959. The number of rotatable bonds is 7. The van der Waals surface area contributed by atoms with Crippen LogP contribution < -0.4 is 5.32 Å². The Balaban J connectivity index is 2.52. The molecule has 0 radical (unpaired) electrons. The molecular formula is C15H21FN2. The van der Waals surface area contributed by atoms with E-state index in [0.717, 1.165) is 18.7 Å². The SMILES string of the molecule is CCCCC(CC)CNc1ccc(C#N)c(F)c1. The molecular weight excluding hydrogens is 227 g/mol. The molecule has 0 bridgehead atoms. The summed E-state index contributed by atoms with van der Waals surface area (Å²) in [5, 5.41) is 11.9. The van der Waals surface area contributed by atoms with Gasteiger partial charge in [0.15, 0.2) is 0 Å². The van der Waals surface area contributed by atoms with Gasteiger partial charge in [-0.25, -0.2) is 4.39 Å². The van der Waals surface area contributed by atoms with E-state index in [1.165, 1.54) is 31.4 Å². The summed E-state index contributed by atoms with van der Waals surface area (Å²) >= 11 is 0. The second kappa shape index (κ2) is 7.71. The lowest BCUT2D eigenvalue weighted by Crippen LogP contribution is -2.13. The van der Waals surface area contributed by atoms with Crippen molar-refractivity contribution >= 4 is 5.69 Å². The molecule has 0 aromatic heterocycles. The van der Waals surface area contributed by atoms with Gasteiger partial charge in [0.1, 0.15) is 11.9 Å². The van der Waals surface area contributed by atoms with E-state index in [1.54, 1.807) is 6.07 Å². The van der Waals surface area contributed by atoms with E-state index in [0.29, 0.717) is 5.92 Å². The van der Waals surface area contributed by atoms with Crippen LogP contribution in [0, 0.1) is 23.1 Å². The molecule has 0 aliphatic rings. The zero-order valence-electron chi connectivity index (χ0n) is 11.2. The van der Waals surface area contributed by atoms with Gasteiger partial charge in [-0.2, -0.15) is 5.26 Å². The number of nitrogens with zero attached hydrogens (tertiary/aromatic N) is 1. The van der Waals surface area contributed by atoms with Crippen molar-refractivity contribution in [2.75, 3.05) is 11.9 Å². The third-order valence-corrected chi connectivity index (χ3v) is 3.23. The highest BCUT2D eigenvalue weighted by Crippen LogP contribution is 2.17. The van der Waals surface area contributed by atoms with Gasteiger partial charge in [-0.3, -0.25) is 0 Å². The van der Waals surface area contributed by atoms with E-state index in [9.17, 15) is 4.39 Å². The normalized spacial score (nSPS) is 11.9. The van der Waals surface area contributed by atoms with Crippen LogP contribution in [0.2, 0.25) is 0 Å². The summed E-state index contributed by atoms with van der Waals surface area (Å²) in [5.74, 6) is 0.174. The van der Waals surface area contributed by atoms with Gasteiger partial charge in [-0.05, 0) is 30.5 Å². The predicted octanol–water partition coefficient (Wildman–Crippen LogP) is 4.33. The molecule has 18 heavy (non-hydrogen) atoms. The Morgan fingerprint density at radius 2 is 2.17 bits per heavy atom. The van der Waals surface area contributed by atoms with Crippen LogP contribution >= 0.6 is 0 Å². The Hall–Kier alpha value is -1.56. The molecule has 0 saturated heterocycles. The standard InChI is InChI=1S/C15H21FN2/c1-3-5-6-12(4-2)11-18-14-8-7-13(10-17)15(16)9-14/h7-9,12,18H,3-6,11H2,1-2H3. The van der Waals surface area contributed by atoms with Gasteiger partial charge in [0.05, 0.1) is 5.56 Å². The number of anilines is 1. The van der Waals surface area contributed by atoms with E-state index in [1.807, 2.05) is 6.07 Å². The number of hydrogen-bond acceptors (Lipinski definition) is 2. The lowest BCUT2D eigenvalue weighted by atomic mass is 9.99. The number of nitriles is 1.